The molecular formula is C17H25NO2. The van der Waals surface area contributed by atoms with Gasteiger partial charge < -0.3 is 14.8 Å². The van der Waals surface area contributed by atoms with Gasteiger partial charge in [0.25, 0.3) is 0 Å². The van der Waals surface area contributed by atoms with Gasteiger partial charge in [-0.15, -0.1) is 6.42 Å². The molecule has 3 nitrogen and oxygen atoms in total. The van der Waals surface area contributed by atoms with Crippen LogP contribution in [0.1, 0.15) is 39.7 Å². The quantitative estimate of drug-likeness (QED) is 0.738. The molecule has 0 unspecified atom stereocenters. The van der Waals surface area contributed by atoms with Gasteiger partial charge in [-0.05, 0) is 33.3 Å². The van der Waals surface area contributed by atoms with Gasteiger partial charge in [0.2, 0.25) is 0 Å². The number of rotatable bonds is 8. The van der Waals surface area contributed by atoms with E-state index in [1.54, 1.807) is 0 Å². The van der Waals surface area contributed by atoms with E-state index in [2.05, 4.69) is 32.0 Å². The third-order valence-electron chi connectivity index (χ3n) is 3.30. The smallest absolute Gasteiger partial charge is 0.167 e. The molecule has 0 heterocycles. The summed E-state index contributed by atoms with van der Waals surface area (Å²) in [6, 6.07) is 5.92. The highest BCUT2D eigenvalue weighted by Gasteiger charge is 2.16. The van der Waals surface area contributed by atoms with Crippen LogP contribution < -0.4 is 14.8 Å². The highest BCUT2D eigenvalue weighted by atomic mass is 16.5. The maximum absolute atomic E-state index is 5.67. The zero-order valence-electron chi connectivity index (χ0n) is 13.0. The Kier molecular flexibility index (Phi) is 6.41. The standard InChI is InChI=1S/C17H25NO2/c1-6-12-20-16-14(13-18-17(4,5)7-2)10-9-11-15(16)19-8-3/h1,9-11,18H,7-8,12-13H2,2-5H3. The van der Waals surface area contributed by atoms with E-state index in [0.29, 0.717) is 6.61 Å². The van der Waals surface area contributed by atoms with Crippen molar-refractivity contribution in [3.63, 3.8) is 0 Å². The van der Waals surface area contributed by atoms with Crippen molar-refractivity contribution in [1.82, 2.24) is 5.32 Å². The summed E-state index contributed by atoms with van der Waals surface area (Å²) in [5.41, 5.74) is 1.15. The van der Waals surface area contributed by atoms with Gasteiger partial charge in [-0.1, -0.05) is 25.0 Å². The topological polar surface area (TPSA) is 30.5 Å². The molecule has 0 saturated carbocycles. The van der Waals surface area contributed by atoms with Gasteiger partial charge in [0.05, 0.1) is 6.61 Å². The highest BCUT2D eigenvalue weighted by molar-refractivity contribution is 5.47. The lowest BCUT2D eigenvalue weighted by Crippen LogP contribution is -2.37. The number of hydrogen-bond donors (Lipinski definition) is 1. The van der Waals surface area contributed by atoms with E-state index in [4.69, 9.17) is 15.9 Å². The van der Waals surface area contributed by atoms with Crippen molar-refractivity contribution in [2.75, 3.05) is 13.2 Å². The number of nitrogens with one attached hydrogen (secondary N) is 1. The van der Waals surface area contributed by atoms with E-state index in [9.17, 15) is 0 Å². The van der Waals surface area contributed by atoms with Crippen LogP contribution in [0, 0.1) is 12.3 Å². The fourth-order valence-electron chi connectivity index (χ4n) is 1.71. The number of para-hydroxylation sites is 1. The van der Waals surface area contributed by atoms with Gasteiger partial charge in [-0.2, -0.15) is 0 Å². The summed E-state index contributed by atoms with van der Waals surface area (Å²) in [6.45, 7) is 10.1. The zero-order chi connectivity index (χ0) is 15.0. The SMILES string of the molecule is C#CCOc1c(CNC(C)(C)CC)cccc1OCC. The van der Waals surface area contributed by atoms with Crippen LogP contribution in [0.4, 0.5) is 0 Å². The second-order valence-corrected chi connectivity index (χ2v) is 5.26. The molecular weight excluding hydrogens is 250 g/mol. The van der Waals surface area contributed by atoms with Crippen LogP contribution in [-0.4, -0.2) is 18.8 Å². The Hall–Kier alpha value is -1.66. The molecule has 0 radical (unpaired) electrons. The molecule has 0 aliphatic heterocycles. The number of benzene rings is 1. The second-order valence-electron chi connectivity index (χ2n) is 5.26. The molecule has 1 aromatic carbocycles. The second kappa shape index (κ2) is 7.81. The normalized spacial score (nSPS) is 10.9. The van der Waals surface area contributed by atoms with Crippen LogP contribution in [0.15, 0.2) is 18.2 Å². The summed E-state index contributed by atoms with van der Waals surface area (Å²) in [7, 11) is 0. The van der Waals surface area contributed by atoms with Crippen molar-refractivity contribution in [3.8, 4) is 23.8 Å². The minimum Gasteiger partial charge on any atom is -0.490 e. The molecule has 0 aliphatic carbocycles. The third-order valence-corrected chi connectivity index (χ3v) is 3.30. The van der Waals surface area contributed by atoms with E-state index in [1.807, 2.05) is 25.1 Å². The first-order chi connectivity index (χ1) is 9.54. The van der Waals surface area contributed by atoms with E-state index in [-0.39, 0.29) is 12.1 Å². The molecule has 0 aromatic heterocycles. The first kappa shape index (κ1) is 16.4. The molecule has 1 rings (SSSR count). The lowest BCUT2D eigenvalue weighted by atomic mass is 10.0. The number of ether oxygens (including phenoxy) is 2. The van der Waals surface area contributed by atoms with Crippen LogP contribution in [0.5, 0.6) is 11.5 Å². The molecule has 0 aliphatic rings. The molecule has 0 spiro atoms. The van der Waals surface area contributed by atoms with Crippen molar-refractivity contribution in [3.05, 3.63) is 23.8 Å². The molecule has 0 saturated heterocycles. The van der Waals surface area contributed by atoms with Crippen molar-refractivity contribution >= 4 is 0 Å². The molecule has 1 aromatic rings. The number of terminal acetylenes is 1. The van der Waals surface area contributed by atoms with Gasteiger partial charge in [0, 0.05) is 17.6 Å². The van der Waals surface area contributed by atoms with E-state index < -0.39 is 0 Å². The molecule has 0 amide bonds. The van der Waals surface area contributed by atoms with Crippen molar-refractivity contribution < 1.29 is 9.47 Å². The first-order valence-electron chi connectivity index (χ1n) is 7.10. The molecule has 110 valence electrons. The minimum atomic E-state index is 0.0883. The fourth-order valence-corrected chi connectivity index (χ4v) is 1.71. The number of hydrogen-bond acceptors (Lipinski definition) is 3. The predicted octanol–water partition coefficient (Wildman–Crippen LogP) is 3.38. The van der Waals surface area contributed by atoms with Crippen molar-refractivity contribution in [1.29, 1.82) is 0 Å². The van der Waals surface area contributed by atoms with Crippen LogP contribution in [-0.2, 0) is 6.54 Å². The van der Waals surface area contributed by atoms with Gasteiger partial charge in [0.15, 0.2) is 11.5 Å². The van der Waals surface area contributed by atoms with Crippen LogP contribution in [0.25, 0.3) is 0 Å². The molecule has 1 N–H and O–H groups in total. The fraction of sp³-hybridized carbons (Fsp3) is 0.529. The molecule has 0 fully saturated rings. The average Bonchev–Trinajstić information content (AvgIpc) is 2.44. The summed E-state index contributed by atoms with van der Waals surface area (Å²) in [4.78, 5) is 0. The molecule has 0 bridgehead atoms. The summed E-state index contributed by atoms with van der Waals surface area (Å²) < 4.78 is 11.3. The highest BCUT2D eigenvalue weighted by Crippen LogP contribution is 2.31. The maximum Gasteiger partial charge on any atom is 0.167 e. The Balaban J connectivity index is 2.93. The van der Waals surface area contributed by atoms with Crippen molar-refractivity contribution in [2.45, 2.75) is 46.2 Å². The maximum atomic E-state index is 5.67. The minimum absolute atomic E-state index is 0.0883. The summed E-state index contributed by atoms with van der Waals surface area (Å²) >= 11 is 0. The predicted molar refractivity (Wildman–Crippen MR) is 83.1 cm³/mol. The Morgan fingerprint density at radius 1 is 1.25 bits per heavy atom. The summed E-state index contributed by atoms with van der Waals surface area (Å²) in [5.74, 6) is 3.99. The average molecular weight is 275 g/mol. The van der Waals surface area contributed by atoms with Gasteiger partial charge >= 0.3 is 0 Å². The lowest BCUT2D eigenvalue weighted by Gasteiger charge is -2.25. The van der Waals surface area contributed by atoms with E-state index in [0.717, 1.165) is 30.0 Å². The monoisotopic (exact) mass is 275 g/mol. The summed E-state index contributed by atoms with van der Waals surface area (Å²) in [5, 5.41) is 3.52. The van der Waals surface area contributed by atoms with Crippen LogP contribution in [0.3, 0.4) is 0 Å². The Morgan fingerprint density at radius 3 is 2.60 bits per heavy atom. The zero-order valence-corrected chi connectivity index (χ0v) is 13.0. The largest absolute Gasteiger partial charge is 0.490 e. The first-order valence-corrected chi connectivity index (χ1v) is 7.10. The van der Waals surface area contributed by atoms with E-state index in [1.165, 1.54) is 0 Å². The molecule has 0 atom stereocenters. The molecule has 3 heteroatoms. The lowest BCUT2D eigenvalue weighted by molar-refractivity contribution is 0.294. The van der Waals surface area contributed by atoms with Crippen LogP contribution in [0.2, 0.25) is 0 Å². The Labute approximate surface area is 122 Å². The van der Waals surface area contributed by atoms with Gasteiger partial charge in [-0.25, -0.2) is 0 Å². The Morgan fingerprint density at radius 2 is 2.00 bits per heavy atom. The molecule has 20 heavy (non-hydrogen) atoms. The third kappa shape index (κ3) is 4.79. The van der Waals surface area contributed by atoms with E-state index >= 15 is 0 Å². The van der Waals surface area contributed by atoms with Crippen molar-refractivity contribution in [2.24, 2.45) is 0 Å². The Bertz CT molecular complexity index is 461. The van der Waals surface area contributed by atoms with Gasteiger partial charge in [0.1, 0.15) is 6.61 Å². The van der Waals surface area contributed by atoms with Crippen LogP contribution >= 0.6 is 0 Å². The summed E-state index contributed by atoms with van der Waals surface area (Å²) in [6.07, 6.45) is 6.34. The van der Waals surface area contributed by atoms with Gasteiger partial charge in [-0.3, -0.25) is 0 Å².